The lowest BCUT2D eigenvalue weighted by Crippen LogP contribution is -2.30. The van der Waals surface area contributed by atoms with Crippen LogP contribution in [0.15, 0.2) is 42.6 Å². The number of halogens is 1. The van der Waals surface area contributed by atoms with Gasteiger partial charge >= 0.3 is 5.97 Å². The molecule has 0 saturated carbocycles. The maximum absolute atomic E-state index is 11.9. The molecule has 0 atom stereocenters. The van der Waals surface area contributed by atoms with Crippen LogP contribution in [0, 0.1) is 10.1 Å². The summed E-state index contributed by atoms with van der Waals surface area (Å²) in [5.74, 6) is -1.30. The van der Waals surface area contributed by atoms with Crippen LogP contribution in [0.1, 0.15) is 16.1 Å². The molecule has 2 rings (SSSR count). The highest BCUT2D eigenvalue weighted by molar-refractivity contribution is 6.32. The number of rotatable bonds is 6. The maximum atomic E-state index is 11.9. The van der Waals surface area contributed by atoms with E-state index in [4.69, 9.17) is 16.3 Å². The van der Waals surface area contributed by atoms with Crippen molar-refractivity contribution in [2.45, 2.75) is 6.61 Å². The van der Waals surface area contributed by atoms with Crippen molar-refractivity contribution < 1.29 is 19.2 Å². The lowest BCUT2D eigenvalue weighted by molar-refractivity contribution is -0.384. The quantitative estimate of drug-likeness (QED) is 0.485. The van der Waals surface area contributed by atoms with E-state index in [2.05, 4.69) is 10.3 Å². The Morgan fingerprint density at radius 2 is 2.08 bits per heavy atom. The molecule has 1 aromatic carbocycles. The minimum atomic E-state index is -0.694. The first-order chi connectivity index (χ1) is 11.5. The number of amides is 1. The second-order valence-corrected chi connectivity index (χ2v) is 4.99. The lowest BCUT2D eigenvalue weighted by Gasteiger charge is -2.06. The highest BCUT2D eigenvalue weighted by atomic mass is 35.5. The molecular weight excluding hydrogens is 338 g/mol. The number of benzene rings is 1. The summed E-state index contributed by atoms with van der Waals surface area (Å²) < 4.78 is 4.95. The fourth-order valence-corrected chi connectivity index (χ4v) is 1.92. The Morgan fingerprint density at radius 3 is 2.75 bits per heavy atom. The van der Waals surface area contributed by atoms with E-state index in [-0.39, 0.29) is 29.4 Å². The molecule has 2 aromatic rings. The number of nitro groups is 1. The van der Waals surface area contributed by atoms with Gasteiger partial charge in [-0.05, 0) is 24.3 Å². The molecule has 0 fully saturated rings. The number of aromatic nitrogens is 1. The molecule has 0 radical (unpaired) electrons. The lowest BCUT2D eigenvalue weighted by atomic mass is 10.2. The minimum absolute atomic E-state index is 0.0119. The number of nitro benzene ring substituents is 1. The van der Waals surface area contributed by atoms with Gasteiger partial charge < -0.3 is 10.1 Å². The molecule has 0 bridgehead atoms. The van der Waals surface area contributed by atoms with E-state index in [9.17, 15) is 19.7 Å². The molecule has 1 heterocycles. The monoisotopic (exact) mass is 349 g/mol. The molecule has 24 heavy (non-hydrogen) atoms. The van der Waals surface area contributed by atoms with E-state index in [0.717, 1.165) is 6.07 Å². The average molecular weight is 350 g/mol. The molecular formula is C15H12ClN3O5. The third-order valence-electron chi connectivity index (χ3n) is 2.91. The fourth-order valence-electron chi connectivity index (χ4n) is 1.74. The van der Waals surface area contributed by atoms with Crippen molar-refractivity contribution in [3.63, 3.8) is 0 Å². The Kier molecular flexibility index (Phi) is 5.80. The molecule has 0 unspecified atom stereocenters. The van der Waals surface area contributed by atoms with Crippen LogP contribution in [0.4, 0.5) is 5.69 Å². The third-order valence-corrected chi connectivity index (χ3v) is 3.23. The smallest absolute Gasteiger partial charge is 0.325 e. The molecule has 8 nitrogen and oxygen atoms in total. The molecule has 1 amide bonds. The van der Waals surface area contributed by atoms with Gasteiger partial charge in [-0.15, -0.1) is 0 Å². The summed E-state index contributed by atoms with van der Waals surface area (Å²) in [6.07, 6.45) is 1.57. The SMILES string of the molecule is O=C(CNC(=O)c1ccc(Cl)c([N+](=O)[O-])c1)OCc1ccccn1. The second-order valence-electron chi connectivity index (χ2n) is 4.59. The van der Waals surface area contributed by atoms with Gasteiger partial charge in [-0.3, -0.25) is 24.7 Å². The zero-order chi connectivity index (χ0) is 17.5. The molecule has 9 heteroatoms. The summed E-state index contributed by atoms with van der Waals surface area (Å²) in [5.41, 5.74) is 0.205. The Bertz CT molecular complexity index is 767. The van der Waals surface area contributed by atoms with Gasteiger partial charge in [0, 0.05) is 17.8 Å². The van der Waals surface area contributed by atoms with Gasteiger partial charge in [0.1, 0.15) is 18.2 Å². The molecule has 1 N–H and O–H groups in total. The first kappa shape index (κ1) is 17.4. The van der Waals surface area contributed by atoms with Crippen LogP contribution in [0.2, 0.25) is 5.02 Å². The topological polar surface area (TPSA) is 111 Å². The van der Waals surface area contributed by atoms with Gasteiger partial charge in [-0.1, -0.05) is 17.7 Å². The second kappa shape index (κ2) is 8.02. The third kappa shape index (κ3) is 4.75. The molecule has 0 aliphatic heterocycles. The van der Waals surface area contributed by atoms with Crippen LogP contribution in [-0.4, -0.2) is 28.3 Å². The van der Waals surface area contributed by atoms with E-state index in [1.165, 1.54) is 12.1 Å². The van der Waals surface area contributed by atoms with Crippen LogP contribution >= 0.6 is 11.6 Å². The molecule has 124 valence electrons. The molecule has 0 aliphatic carbocycles. The van der Waals surface area contributed by atoms with E-state index in [1.807, 2.05) is 0 Å². The van der Waals surface area contributed by atoms with Crippen molar-refractivity contribution >= 4 is 29.2 Å². The molecule has 1 aromatic heterocycles. The summed E-state index contributed by atoms with van der Waals surface area (Å²) in [6.45, 7) is -0.385. The number of carbonyl (C=O) groups excluding carboxylic acids is 2. The van der Waals surface area contributed by atoms with Crippen LogP contribution < -0.4 is 5.32 Å². The Morgan fingerprint density at radius 1 is 1.29 bits per heavy atom. The van der Waals surface area contributed by atoms with Crippen molar-refractivity contribution in [3.05, 3.63) is 69.0 Å². The van der Waals surface area contributed by atoms with Gasteiger partial charge in [0.25, 0.3) is 11.6 Å². The van der Waals surface area contributed by atoms with E-state index in [0.29, 0.717) is 5.69 Å². The first-order valence-corrected chi connectivity index (χ1v) is 7.13. The van der Waals surface area contributed by atoms with E-state index in [1.54, 1.807) is 24.4 Å². The number of esters is 1. The van der Waals surface area contributed by atoms with E-state index >= 15 is 0 Å². The average Bonchev–Trinajstić information content (AvgIpc) is 2.59. The number of pyridine rings is 1. The van der Waals surface area contributed by atoms with Crippen LogP contribution in [0.25, 0.3) is 0 Å². The predicted octanol–water partition coefficient (Wildman–Crippen LogP) is 2.12. The molecule has 0 saturated heterocycles. The predicted molar refractivity (Wildman–Crippen MR) is 84.5 cm³/mol. The number of hydrogen-bond acceptors (Lipinski definition) is 6. The van der Waals surface area contributed by atoms with Crippen molar-refractivity contribution in [2.75, 3.05) is 6.54 Å². The van der Waals surface area contributed by atoms with Crippen LogP contribution in [0.3, 0.4) is 0 Å². The van der Waals surface area contributed by atoms with Gasteiger partial charge in [0.05, 0.1) is 10.6 Å². The Hall–Kier alpha value is -3.00. The minimum Gasteiger partial charge on any atom is -0.458 e. The number of nitrogens with zero attached hydrogens (tertiary/aromatic N) is 2. The number of ether oxygens (including phenoxy) is 1. The Balaban J connectivity index is 1.87. The van der Waals surface area contributed by atoms with E-state index < -0.39 is 16.8 Å². The zero-order valence-electron chi connectivity index (χ0n) is 12.3. The summed E-state index contributed by atoms with van der Waals surface area (Å²) in [4.78, 5) is 37.6. The molecule has 0 spiro atoms. The largest absolute Gasteiger partial charge is 0.458 e. The number of carbonyl (C=O) groups is 2. The van der Waals surface area contributed by atoms with Gasteiger partial charge in [-0.25, -0.2) is 0 Å². The van der Waals surface area contributed by atoms with Crippen LogP contribution in [0.5, 0.6) is 0 Å². The zero-order valence-corrected chi connectivity index (χ0v) is 13.0. The van der Waals surface area contributed by atoms with Crippen molar-refractivity contribution in [1.82, 2.24) is 10.3 Å². The van der Waals surface area contributed by atoms with Crippen molar-refractivity contribution in [2.24, 2.45) is 0 Å². The number of hydrogen-bond donors (Lipinski definition) is 1. The highest BCUT2D eigenvalue weighted by Crippen LogP contribution is 2.24. The van der Waals surface area contributed by atoms with Crippen molar-refractivity contribution in [3.8, 4) is 0 Å². The maximum Gasteiger partial charge on any atom is 0.325 e. The number of nitrogens with one attached hydrogen (secondary N) is 1. The van der Waals surface area contributed by atoms with Gasteiger partial charge in [-0.2, -0.15) is 0 Å². The van der Waals surface area contributed by atoms with Crippen molar-refractivity contribution in [1.29, 1.82) is 0 Å². The summed E-state index contributed by atoms with van der Waals surface area (Å²) in [5, 5.41) is 13.0. The van der Waals surface area contributed by atoms with Crippen LogP contribution in [-0.2, 0) is 16.1 Å². The Labute approximate surface area is 141 Å². The standard InChI is InChI=1S/C15H12ClN3O5/c16-12-5-4-10(7-13(12)19(22)23)15(21)18-8-14(20)24-9-11-3-1-2-6-17-11/h1-7H,8-9H2,(H,18,21). The first-order valence-electron chi connectivity index (χ1n) is 6.75. The highest BCUT2D eigenvalue weighted by Gasteiger charge is 2.17. The summed E-state index contributed by atoms with van der Waals surface area (Å²) >= 11 is 5.67. The normalized spacial score (nSPS) is 10.0. The molecule has 0 aliphatic rings. The fraction of sp³-hybridized carbons (Fsp3) is 0.133. The van der Waals surface area contributed by atoms with Gasteiger partial charge in [0.2, 0.25) is 0 Å². The summed E-state index contributed by atoms with van der Waals surface area (Å²) in [6, 6.07) is 8.79. The summed E-state index contributed by atoms with van der Waals surface area (Å²) in [7, 11) is 0. The van der Waals surface area contributed by atoms with Gasteiger partial charge in [0.15, 0.2) is 0 Å².